The zero-order valence-electron chi connectivity index (χ0n) is 11.8. The Labute approximate surface area is 119 Å². The van der Waals surface area contributed by atoms with Crippen molar-refractivity contribution in [2.45, 2.75) is 25.2 Å². The largest absolute Gasteiger partial charge is 0.481 e. The molecule has 0 aliphatic heterocycles. The van der Waals surface area contributed by atoms with Gasteiger partial charge in [0.05, 0.1) is 10.3 Å². The normalized spacial score (nSPS) is 14.6. The van der Waals surface area contributed by atoms with Crippen LogP contribution in [0.5, 0.6) is 0 Å². The predicted octanol–water partition coefficient (Wildman–Crippen LogP) is 1.51. The first kappa shape index (κ1) is 16.5. The lowest BCUT2D eigenvalue weighted by Gasteiger charge is -2.23. The third-order valence-electron chi connectivity index (χ3n) is 3.41. The molecule has 6 nitrogen and oxygen atoms in total. The van der Waals surface area contributed by atoms with Gasteiger partial charge in [0.2, 0.25) is 10.0 Å². The Bertz CT molecular complexity index is 569. The zero-order chi connectivity index (χ0) is 15.4. The van der Waals surface area contributed by atoms with Gasteiger partial charge < -0.3 is 10.4 Å². The second-order valence-corrected chi connectivity index (χ2v) is 6.69. The quantitative estimate of drug-likeness (QED) is 0.709. The summed E-state index contributed by atoms with van der Waals surface area (Å²) in [6.07, 6.45) is 0.502. The minimum absolute atomic E-state index is 0.169. The third kappa shape index (κ3) is 3.71. The van der Waals surface area contributed by atoms with Crippen molar-refractivity contribution in [3.05, 3.63) is 24.3 Å². The summed E-state index contributed by atoms with van der Waals surface area (Å²) in [7, 11) is -2.10. The van der Waals surface area contributed by atoms with Gasteiger partial charge in [0, 0.05) is 12.2 Å². The molecule has 1 unspecified atom stereocenters. The summed E-state index contributed by atoms with van der Waals surface area (Å²) in [6, 6.07) is 6.17. The average molecular weight is 300 g/mol. The van der Waals surface area contributed by atoms with Gasteiger partial charge in [-0.1, -0.05) is 6.92 Å². The van der Waals surface area contributed by atoms with Crippen LogP contribution in [0.2, 0.25) is 0 Å². The van der Waals surface area contributed by atoms with Crippen molar-refractivity contribution < 1.29 is 18.3 Å². The summed E-state index contributed by atoms with van der Waals surface area (Å²) in [6.45, 7) is 3.76. The smallest absolute Gasteiger partial charge is 0.311 e. The van der Waals surface area contributed by atoms with E-state index in [1.807, 2.05) is 6.92 Å². The van der Waals surface area contributed by atoms with Crippen LogP contribution in [0.15, 0.2) is 29.2 Å². The van der Waals surface area contributed by atoms with Gasteiger partial charge in [0.1, 0.15) is 0 Å². The lowest BCUT2D eigenvalue weighted by Crippen LogP contribution is -2.34. The topological polar surface area (TPSA) is 95.5 Å². The van der Waals surface area contributed by atoms with Crippen LogP contribution in [-0.2, 0) is 14.8 Å². The van der Waals surface area contributed by atoms with E-state index in [9.17, 15) is 13.2 Å². The predicted molar refractivity (Wildman–Crippen MR) is 77.2 cm³/mol. The Balaban J connectivity index is 2.79. The molecule has 0 fully saturated rings. The standard InChI is InChI=1S/C13H20N2O4S/c1-4-13(2,12(16)17)9-15-10-5-7-11(8-6-10)20(18,19)14-3/h5-8,14-15H,4,9H2,1-3H3,(H,16,17). The second-order valence-electron chi connectivity index (χ2n) is 4.80. The van der Waals surface area contributed by atoms with Crippen LogP contribution in [-0.4, -0.2) is 33.1 Å². The van der Waals surface area contributed by atoms with Gasteiger partial charge in [-0.25, -0.2) is 13.1 Å². The number of carboxylic acid groups (broad SMARTS) is 1. The van der Waals surface area contributed by atoms with Crippen molar-refractivity contribution in [1.29, 1.82) is 0 Å². The number of nitrogens with one attached hydrogen (secondary N) is 2. The molecular weight excluding hydrogens is 280 g/mol. The summed E-state index contributed by atoms with van der Waals surface area (Å²) in [5.74, 6) is -0.859. The van der Waals surface area contributed by atoms with Gasteiger partial charge in [-0.3, -0.25) is 4.79 Å². The van der Waals surface area contributed by atoms with Crippen LogP contribution < -0.4 is 10.0 Å². The van der Waals surface area contributed by atoms with Gasteiger partial charge in [0.25, 0.3) is 0 Å². The van der Waals surface area contributed by atoms with Crippen LogP contribution in [0.25, 0.3) is 0 Å². The molecule has 1 aromatic carbocycles. The molecule has 0 heterocycles. The van der Waals surface area contributed by atoms with Crippen LogP contribution in [0, 0.1) is 5.41 Å². The lowest BCUT2D eigenvalue weighted by atomic mass is 9.87. The van der Waals surface area contributed by atoms with Crippen LogP contribution in [0.4, 0.5) is 5.69 Å². The van der Waals surface area contributed by atoms with E-state index >= 15 is 0 Å². The number of aliphatic carboxylic acids is 1. The SMILES string of the molecule is CCC(C)(CNc1ccc(S(=O)(=O)NC)cc1)C(=O)O. The molecule has 0 spiro atoms. The van der Waals surface area contributed by atoms with Crippen molar-refractivity contribution in [2.24, 2.45) is 5.41 Å². The summed E-state index contributed by atoms with van der Waals surface area (Å²) < 4.78 is 25.3. The van der Waals surface area contributed by atoms with Crippen LogP contribution in [0.3, 0.4) is 0 Å². The van der Waals surface area contributed by atoms with Crippen molar-refractivity contribution in [3.8, 4) is 0 Å². The fourth-order valence-corrected chi connectivity index (χ4v) is 2.25. The van der Waals surface area contributed by atoms with E-state index < -0.39 is 21.4 Å². The van der Waals surface area contributed by atoms with Crippen molar-refractivity contribution in [3.63, 3.8) is 0 Å². The fourth-order valence-electron chi connectivity index (χ4n) is 1.52. The highest BCUT2D eigenvalue weighted by molar-refractivity contribution is 7.89. The highest BCUT2D eigenvalue weighted by Crippen LogP contribution is 2.22. The first-order valence-corrected chi connectivity index (χ1v) is 7.74. The van der Waals surface area contributed by atoms with Gasteiger partial charge >= 0.3 is 5.97 Å². The molecule has 0 aromatic heterocycles. The van der Waals surface area contributed by atoms with E-state index in [4.69, 9.17) is 5.11 Å². The Morgan fingerprint density at radius 2 is 1.85 bits per heavy atom. The maximum absolute atomic E-state index is 11.6. The molecule has 3 N–H and O–H groups in total. The number of benzene rings is 1. The molecule has 112 valence electrons. The zero-order valence-corrected chi connectivity index (χ0v) is 12.6. The summed E-state index contributed by atoms with van der Waals surface area (Å²) >= 11 is 0. The molecule has 20 heavy (non-hydrogen) atoms. The number of hydrogen-bond acceptors (Lipinski definition) is 4. The summed E-state index contributed by atoms with van der Waals surface area (Å²) in [5.41, 5.74) is -0.170. The number of carboxylic acids is 1. The highest BCUT2D eigenvalue weighted by Gasteiger charge is 2.30. The lowest BCUT2D eigenvalue weighted by molar-refractivity contribution is -0.147. The van der Waals surface area contributed by atoms with E-state index in [-0.39, 0.29) is 11.4 Å². The second kappa shape index (κ2) is 6.23. The molecule has 0 saturated heterocycles. The first-order valence-electron chi connectivity index (χ1n) is 6.26. The number of sulfonamides is 1. The van der Waals surface area contributed by atoms with E-state index in [0.717, 1.165) is 0 Å². The molecule has 1 atom stereocenters. The molecule has 0 aliphatic rings. The van der Waals surface area contributed by atoms with Gasteiger partial charge in [-0.2, -0.15) is 0 Å². The maximum atomic E-state index is 11.6. The minimum atomic E-state index is -3.45. The van der Waals surface area contributed by atoms with E-state index in [1.165, 1.54) is 19.2 Å². The van der Waals surface area contributed by atoms with Crippen molar-refractivity contribution >= 4 is 21.7 Å². The number of rotatable bonds is 7. The molecule has 7 heteroatoms. The first-order chi connectivity index (χ1) is 9.25. The molecule has 0 aliphatic carbocycles. The monoisotopic (exact) mass is 300 g/mol. The average Bonchev–Trinajstić information content (AvgIpc) is 2.45. The molecule has 0 radical (unpaired) electrons. The Kier molecular flexibility index (Phi) is 5.13. The summed E-state index contributed by atoms with van der Waals surface area (Å²) in [5, 5.41) is 12.2. The number of carbonyl (C=O) groups is 1. The van der Waals surface area contributed by atoms with Gasteiger partial charge in [0.15, 0.2) is 0 Å². The molecule has 0 saturated carbocycles. The fraction of sp³-hybridized carbons (Fsp3) is 0.462. The third-order valence-corrected chi connectivity index (χ3v) is 4.84. The number of anilines is 1. The molecular formula is C13H20N2O4S. The Hall–Kier alpha value is -1.60. The number of hydrogen-bond donors (Lipinski definition) is 3. The van der Waals surface area contributed by atoms with Crippen LogP contribution >= 0.6 is 0 Å². The van der Waals surface area contributed by atoms with Crippen molar-refractivity contribution in [2.75, 3.05) is 18.9 Å². The molecule has 1 rings (SSSR count). The maximum Gasteiger partial charge on any atom is 0.311 e. The van der Waals surface area contributed by atoms with Gasteiger partial charge in [-0.05, 0) is 44.7 Å². The summed E-state index contributed by atoms with van der Waals surface area (Å²) in [4.78, 5) is 11.3. The minimum Gasteiger partial charge on any atom is -0.481 e. The highest BCUT2D eigenvalue weighted by atomic mass is 32.2. The Morgan fingerprint density at radius 3 is 2.25 bits per heavy atom. The Morgan fingerprint density at radius 1 is 1.30 bits per heavy atom. The molecule has 0 bridgehead atoms. The molecule has 0 amide bonds. The molecule has 1 aromatic rings. The van der Waals surface area contributed by atoms with Crippen molar-refractivity contribution in [1.82, 2.24) is 4.72 Å². The van der Waals surface area contributed by atoms with E-state index in [1.54, 1.807) is 19.1 Å². The van der Waals surface area contributed by atoms with Crippen LogP contribution in [0.1, 0.15) is 20.3 Å². The van der Waals surface area contributed by atoms with Gasteiger partial charge in [-0.15, -0.1) is 0 Å². The van der Waals surface area contributed by atoms with E-state index in [0.29, 0.717) is 12.1 Å². The van der Waals surface area contributed by atoms with E-state index in [2.05, 4.69) is 10.0 Å².